The second-order valence-electron chi connectivity index (χ2n) is 4.74. The van der Waals surface area contributed by atoms with Gasteiger partial charge in [0.2, 0.25) is 5.91 Å². The molecule has 0 saturated heterocycles. The van der Waals surface area contributed by atoms with Crippen molar-refractivity contribution in [3.63, 3.8) is 0 Å². The maximum atomic E-state index is 11.6. The van der Waals surface area contributed by atoms with Crippen LogP contribution in [0.25, 0.3) is 0 Å². The zero-order chi connectivity index (χ0) is 12.8. The van der Waals surface area contributed by atoms with E-state index in [1.165, 1.54) is 0 Å². The minimum Gasteiger partial charge on any atom is -0.481 e. The van der Waals surface area contributed by atoms with Crippen LogP contribution in [0.1, 0.15) is 47.0 Å². The van der Waals surface area contributed by atoms with E-state index in [4.69, 9.17) is 5.11 Å². The van der Waals surface area contributed by atoms with E-state index in [0.717, 1.165) is 12.8 Å². The molecule has 4 heteroatoms. The van der Waals surface area contributed by atoms with Crippen molar-refractivity contribution in [1.29, 1.82) is 0 Å². The van der Waals surface area contributed by atoms with Gasteiger partial charge in [0.05, 0.1) is 5.41 Å². The van der Waals surface area contributed by atoms with Gasteiger partial charge in [-0.15, -0.1) is 0 Å². The summed E-state index contributed by atoms with van der Waals surface area (Å²) >= 11 is 0. The quantitative estimate of drug-likeness (QED) is 0.702. The first-order valence-corrected chi connectivity index (χ1v) is 5.86. The van der Waals surface area contributed by atoms with E-state index in [-0.39, 0.29) is 11.8 Å². The molecule has 0 atom stereocenters. The molecule has 94 valence electrons. The van der Waals surface area contributed by atoms with Crippen LogP contribution in [0.2, 0.25) is 0 Å². The van der Waals surface area contributed by atoms with Crippen LogP contribution in [0.4, 0.5) is 0 Å². The summed E-state index contributed by atoms with van der Waals surface area (Å²) in [5, 5.41) is 11.7. The van der Waals surface area contributed by atoms with Crippen LogP contribution in [0.3, 0.4) is 0 Å². The highest BCUT2D eigenvalue weighted by Crippen LogP contribution is 2.19. The second kappa shape index (κ2) is 6.51. The number of hydrogen-bond donors (Lipinski definition) is 2. The van der Waals surface area contributed by atoms with Gasteiger partial charge in [-0.3, -0.25) is 9.59 Å². The normalized spacial score (nSPS) is 11.6. The number of aliphatic carboxylic acids is 1. The third-order valence-corrected chi connectivity index (χ3v) is 2.98. The first-order valence-electron chi connectivity index (χ1n) is 5.86. The molecule has 0 aliphatic rings. The number of rotatable bonds is 7. The third-order valence-electron chi connectivity index (χ3n) is 2.98. The number of carbonyl (C=O) groups is 2. The highest BCUT2D eigenvalue weighted by molar-refractivity contribution is 5.78. The molecule has 4 nitrogen and oxygen atoms in total. The SMILES string of the molecule is CCC(CC)C(=O)NCCC(C)(C)C(=O)O. The zero-order valence-electron chi connectivity index (χ0n) is 10.7. The van der Waals surface area contributed by atoms with Gasteiger partial charge >= 0.3 is 5.97 Å². The Morgan fingerprint density at radius 1 is 1.25 bits per heavy atom. The smallest absolute Gasteiger partial charge is 0.309 e. The average Bonchev–Trinajstić information content (AvgIpc) is 2.19. The summed E-state index contributed by atoms with van der Waals surface area (Å²) in [6, 6.07) is 0. The highest BCUT2D eigenvalue weighted by Gasteiger charge is 2.26. The first kappa shape index (κ1) is 14.9. The molecule has 0 unspecified atom stereocenters. The van der Waals surface area contributed by atoms with E-state index in [1.807, 2.05) is 13.8 Å². The Morgan fingerprint density at radius 3 is 2.12 bits per heavy atom. The molecule has 0 spiro atoms. The van der Waals surface area contributed by atoms with Crippen LogP contribution in [-0.2, 0) is 9.59 Å². The summed E-state index contributed by atoms with van der Waals surface area (Å²) in [6.45, 7) is 7.72. The number of carboxylic acid groups (broad SMARTS) is 1. The molecule has 0 fully saturated rings. The van der Waals surface area contributed by atoms with Crippen molar-refractivity contribution in [2.24, 2.45) is 11.3 Å². The van der Waals surface area contributed by atoms with Crippen molar-refractivity contribution in [1.82, 2.24) is 5.32 Å². The topological polar surface area (TPSA) is 66.4 Å². The van der Waals surface area contributed by atoms with Crippen molar-refractivity contribution >= 4 is 11.9 Å². The van der Waals surface area contributed by atoms with Crippen molar-refractivity contribution in [2.45, 2.75) is 47.0 Å². The van der Waals surface area contributed by atoms with Crippen LogP contribution >= 0.6 is 0 Å². The van der Waals surface area contributed by atoms with E-state index in [1.54, 1.807) is 13.8 Å². The van der Waals surface area contributed by atoms with E-state index in [0.29, 0.717) is 13.0 Å². The van der Waals surface area contributed by atoms with Crippen molar-refractivity contribution < 1.29 is 14.7 Å². The Balaban J connectivity index is 3.99. The molecular weight excluding hydrogens is 206 g/mol. The van der Waals surface area contributed by atoms with E-state index in [2.05, 4.69) is 5.32 Å². The minimum absolute atomic E-state index is 0.0335. The van der Waals surface area contributed by atoms with Gasteiger partial charge in [-0.05, 0) is 33.1 Å². The van der Waals surface area contributed by atoms with E-state index < -0.39 is 11.4 Å². The summed E-state index contributed by atoms with van der Waals surface area (Å²) in [6.07, 6.45) is 2.10. The number of nitrogens with one attached hydrogen (secondary N) is 1. The Hall–Kier alpha value is -1.06. The average molecular weight is 229 g/mol. The lowest BCUT2D eigenvalue weighted by molar-refractivity contribution is -0.147. The summed E-state index contributed by atoms with van der Waals surface area (Å²) < 4.78 is 0. The van der Waals surface area contributed by atoms with Crippen LogP contribution in [-0.4, -0.2) is 23.5 Å². The van der Waals surface area contributed by atoms with E-state index in [9.17, 15) is 9.59 Å². The third kappa shape index (κ3) is 4.64. The summed E-state index contributed by atoms with van der Waals surface area (Å²) in [5.74, 6) is -0.747. The lowest BCUT2D eigenvalue weighted by Crippen LogP contribution is -2.35. The molecule has 1 amide bonds. The minimum atomic E-state index is -0.829. The number of carboxylic acids is 1. The molecule has 0 aliphatic carbocycles. The maximum absolute atomic E-state index is 11.6. The van der Waals surface area contributed by atoms with Crippen LogP contribution in [0.5, 0.6) is 0 Å². The second-order valence-corrected chi connectivity index (χ2v) is 4.74. The molecule has 0 aromatic carbocycles. The van der Waals surface area contributed by atoms with E-state index >= 15 is 0 Å². The molecular formula is C12H23NO3. The van der Waals surface area contributed by atoms with Crippen LogP contribution < -0.4 is 5.32 Å². The fraction of sp³-hybridized carbons (Fsp3) is 0.833. The van der Waals surface area contributed by atoms with Gasteiger partial charge in [-0.2, -0.15) is 0 Å². The Morgan fingerprint density at radius 2 is 1.75 bits per heavy atom. The summed E-state index contributed by atoms with van der Waals surface area (Å²) in [5.41, 5.74) is -0.777. The summed E-state index contributed by atoms with van der Waals surface area (Å²) in [7, 11) is 0. The predicted molar refractivity (Wildman–Crippen MR) is 63.1 cm³/mol. The molecule has 0 saturated carbocycles. The maximum Gasteiger partial charge on any atom is 0.309 e. The van der Waals surface area contributed by atoms with Crippen LogP contribution in [0, 0.1) is 11.3 Å². The Kier molecular flexibility index (Phi) is 6.08. The number of hydrogen-bond acceptors (Lipinski definition) is 2. The fourth-order valence-corrected chi connectivity index (χ4v) is 1.41. The van der Waals surface area contributed by atoms with Gasteiger partial charge in [-0.1, -0.05) is 13.8 Å². The molecule has 0 bridgehead atoms. The molecule has 0 aromatic heterocycles. The standard InChI is InChI=1S/C12H23NO3/c1-5-9(6-2)10(14)13-8-7-12(3,4)11(15)16/h9H,5-8H2,1-4H3,(H,13,14)(H,15,16). The van der Waals surface area contributed by atoms with Gasteiger partial charge < -0.3 is 10.4 Å². The molecule has 0 rings (SSSR count). The summed E-state index contributed by atoms with van der Waals surface area (Å²) in [4.78, 5) is 22.4. The molecule has 0 radical (unpaired) electrons. The van der Waals surface area contributed by atoms with Gasteiger partial charge in [0.1, 0.15) is 0 Å². The predicted octanol–water partition coefficient (Wildman–Crippen LogP) is 2.04. The van der Waals surface area contributed by atoms with Gasteiger partial charge in [-0.25, -0.2) is 0 Å². The zero-order valence-corrected chi connectivity index (χ0v) is 10.7. The van der Waals surface area contributed by atoms with Gasteiger partial charge in [0.15, 0.2) is 0 Å². The van der Waals surface area contributed by atoms with Gasteiger partial charge in [0.25, 0.3) is 0 Å². The fourth-order valence-electron chi connectivity index (χ4n) is 1.41. The first-order chi connectivity index (χ1) is 7.35. The van der Waals surface area contributed by atoms with Crippen molar-refractivity contribution in [2.75, 3.05) is 6.54 Å². The van der Waals surface area contributed by atoms with Crippen LogP contribution in [0.15, 0.2) is 0 Å². The lowest BCUT2D eigenvalue weighted by atomic mass is 9.89. The molecule has 0 aromatic rings. The molecule has 2 N–H and O–H groups in total. The van der Waals surface area contributed by atoms with Crippen molar-refractivity contribution in [3.05, 3.63) is 0 Å². The lowest BCUT2D eigenvalue weighted by Gasteiger charge is -2.20. The largest absolute Gasteiger partial charge is 0.481 e. The van der Waals surface area contributed by atoms with Gasteiger partial charge in [0, 0.05) is 12.5 Å². The highest BCUT2D eigenvalue weighted by atomic mass is 16.4. The molecule has 0 aliphatic heterocycles. The Labute approximate surface area is 97.4 Å². The van der Waals surface area contributed by atoms with Crippen molar-refractivity contribution in [3.8, 4) is 0 Å². The monoisotopic (exact) mass is 229 g/mol. The molecule has 0 heterocycles. The number of carbonyl (C=O) groups excluding carboxylic acids is 1. The number of amides is 1. The molecule has 16 heavy (non-hydrogen) atoms. The Bertz CT molecular complexity index is 245.